The molecule has 1 heterocycles. The second-order valence-electron chi connectivity index (χ2n) is 6.80. The number of halogens is 1. The van der Waals surface area contributed by atoms with Crippen LogP contribution in [0.3, 0.4) is 0 Å². The molecule has 1 aliphatic rings. The lowest BCUT2D eigenvalue weighted by atomic mass is 10.1. The molecule has 28 heavy (non-hydrogen) atoms. The molecule has 3 rings (SSSR count). The second kappa shape index (κ2) is 8.97. The summed E-state index contributed by atoms with van der Waals surface area (Å²) in [6.07, 6.45) is 3.68. The molecule has 148 valence electrons. The number of methoxy groups -OCH3 is 1. The van der Waals surface area contributed by atoms with Crippen LogP contribution in [0, 0.1) is 6.92 Å². The molecule has 1 fully saturated rings. The van der Waals surface area contributed by atoms with Gasteiger partial charge in [0, 0.05) is 35.6 Å². The van der Waals surface area contributed by atoms with Crippen LogP contribution in [0.5, 0.6) is 5.75 Å². The summed E-state index contributed by atoms with van der Waals surface area (Å²) in [7, 11) is 1.47. The molecule has 0 saturated carbocycles. The molecule has 0 unspecified atom stereocenters. The molecule has 0 bridgehead atoms. The van der Waals surface area contributed by atoms with Crippen molar-refractivity contribution in [2.24, 2.45) is 0 Å². The summed E-state index contributed by atoms with van der Waals surface area (Å²) in [6, 6.07) is 10.8. The van der Waals surface area contributed by atoms with E-state index < -0.39 is 11.8 Å². The number of piperidine rings is 1. The van der Waals surface area contributed by atoms with Crippen molar-refractivity contribution < 1.29 is 14.3 Å². The highest BCUT2D eigenvalue weighted by Crippen LogP contribution is 2.31. The molecule has 0 atom stereocenters. The summed E-state index contributed by atoms with van der Waals surface area (Å²) in [5, 5.41) is 5.71. The standard InChI is InChI=1S/C21H24ClN3O3/c1-14-12-18(19(28-2)13-17(14)22)24-21(27)20(26)23-15-6-8-16(9-7-15)25-10-4-3-5-11-25/h6-9,12-13H,3-5,10-11H2,1-2H3,(H,23,26)(H,24,27). The minimum absolute atomic E-state index is 0.391. The molecule has 1 aliphatic heterocycles. The van der Waals surface area contributed by atoms with Crippen LogP contribution >= 0.6 is 11.6 Å². The molecule has 0 spiro atoms. The maximum absolute atomic E-state index is 12.3. The number of rotatable bonds is 4. The first-order valence-electron chi connectivity index (χ1n) is 9.29. The van der Waals surface area contributed by atoms with Crippen molar-refractivity contribution in [2.45, 2.75) is 26.2 Å². The van der Waals surface area contributed by atoms with E-state index in [-0.39, 0.29) is 0 Å². The number of carbonyl (C=O) groups is 2. The first-order valence-corrected chi connectivity index (χ1v) is 9.67. The van der Waals surface area contributed by atoms with Crippen molar-refractivity contribution in [3.63, 3.8) is 0 Å². The van der Waals surface area contributed by atoms with E-state index >= 15 is 0 Å². The molecule has 2 amide bonds. The number of nitrogens with one attached hydrogen (secondary N) is 2. The smallest absolute Gasteiger partial charge is 0.314 e. The molecular formula is C21H24ClN3O3. The minimum atomic E-state index is -0.778. The fraction of sp³-hybridized carbons (Fsp3) is 0.333. The van der Waals surface area contributed by atoms with E-state index in [0.717, 1.165) is 24.3 Å². The molecule has 2 aromatic carbocycles. The molecule has 0 radical (unpaired) electrons. The van der Waals surface area contributed by atoms with Gasteiger partial charge in [0.1, 0.15) is 5.75 Å². The van der Waals surface area contributed by atoms with Crippen LogP contribution in [0.25, 0.3) is 0 Å². The Kier molecular flexibility index (Phi) is 6.41. The zero-order chi connectivity index (χ0) is 20.1. The van der Waals surface area contributed by atoms with Crippen LogP contribution in [0.4, 0.5) is 17.1 Å². The average Bonchev–Trinajstić information content (AvgIpc) is 2.71. The van der Waals surface area contributed by atoms with Gasteiger partial charge in [-0.1, -0.05) is 11.6 Å². The Morgan fingerprint density at radius 3 is 2.29 bits per heavy atom. The van der Waals surface area contributed by atoms with Crippen molar-refractivity contribution in [2.75, 3.05) is 35.7 Å². The van der Waals surface area contributed by atoms with Gasteiger partial charge < -0.3 is 20.3 Å². The number of aryl methyl sites for hydroxylation is 1. The van der Waals surface area contributed by atoms with E-state index in [1.54, 1.807) is 19.1 Å². The lowest BCUT2D eigenvalue weighted by Gasteiger charge is -2.28. The molecule has 0 aromatic heterocycles. The fourth-order valence-corrected chi connectivity index (χ4v) is 3.36. The Bertz CT molecular complexity index is 862. The van der Waals surface area contributed by atoms with E-state index in [0.29, 0.717) is 22.1 Å². The van der Waals surface area contributed by atoms with Crippen molar-refractivity contribution in [3.05, 3.63) is 47.0 Å². The molecule has 2 aromatic rings. The van der Waals surface area contributed by atoms with Gasteiger partial charge in [-0.2, -0.15) is 0 Å². The highest BCUT2D eigenvalue weighted by Gasteiger charge is 2.17. The van der Waals surface area contributed by atoms with Crippen LogP contribution in [0.2, 0.25) is 5.02 Å². The highest BCUT2D eigenvalue weighted by molar-refractivity contribution is 6.43. The third-order valence-corrected chi connectivity index (χ3v) is 5.19. The van der Waals surface area contributed by atoms with Gasteiger partial charge in [-0.15, -0.1) is 0 Å². The maximum atomic E-state index is 12.3. The van der Waals surface area contributed by atoms with Crippen molar-refractivity contribution in [1.82, 2.24) is 0 Å². The molecular weight excluding hydrogens is 378 g/mol. The number of benzene rings is 2. The average molecular weight is 402 g/mol. The van der Waals surface area contributed by atoms with Gasteiger partial charge in [0.05, 0.1) is 12.8 Å². The normalized spacial score (nSPS) is 13.8. The summed E-state index contributed by atoms with van der Waals surface area (Å²) in [5.41, 5.74) is 2.86. The van der Waals surface area contributed by atoms with Crippen LogP contribution in [-0.4, -0.2) is 32.0 Å². The van der Waals surface area contributed by atoms with Crippen LogP contribution in [0.15, 0.2) is 36.4 Å². The van der Waals surface area contributed by atoms with Crippen LogP contribution < -0.4 is 20.3 Å². The van der Waals surface area contributed by atoms with Gasteiger partial charge in [-0.05, 0) is 62.1 Å². The first kappa shape index (κ1) is 20.0. The van der Waals surface area contributed by atoms with Crippen LogP contribution in [0.1, 0.15) is 24.8 Å². The monoisotopic (exact) mass is 401 g/mol. The predicted molar refractivity (Wildman–Crippen MR) is 113 cm³/mol. The minimum Gasteiger partial charge on any atom is -0.495 e. The number of ether oxygens (including phenoxy) is 1. The zero-order valence-electron chi connectivity index (χ0n) is 16.0. The van der Waals surface area contributed by atoms with Gasteiger partial charge in [-0.25, -0.2) is 0 Å². The largest absolute Gasteiger partial charge is 0.495 e. The summed E-state index contributed by atoms with van der Waals surface area (Å²) >= 11 is 6.06. The highest BCUT2D eigenvalue weighted by atomic mass is 35.5. The molecule has 2 N–H and O–H groups in total. The fourth-order valence-electron chi connectivity index (χ4n) is 3.20. The molecule has 6 nitrogen and oxygen atoms in total. The van der Waals surface area contributed by atoms with Gasteiger partial charge in [0.2, 0.25) is 0 Å². The van der Waals surface area contributed by atoms with Gasteiger partial charge in [0.15, 0.2) is 0 Å². The Hall–Kier alpha value is -2.73. The maximum Gasteiger partial charge on any atom is 0.314 e. The van der Waals surface area contributed by atoms with Crippen molar-refractivity contribution in [1.29, 1.82) is 0 Å². The Morgan fingerprint density at radius 1 is 1.00 bits per heavy atom. The quantitative estimate of drug-likeness (QED) is 0.752. The van der Waals surface area contributed by atoms with Crippen molar-refractivity contribution >= 4 is 40.5 Å². The predicted octanol–water partition coefficient (Wildman–Crippen LogP) is 4.22. The molecule has 7 heteroatoms. The lowest BCUT2D eigenvalue weighted by molar-refractivity contribution is -0.133. The number of hydrogen-bond acceptors (Lipinski definition) is 4. The topological polar surface area (TPSA) is 70.7 Å². The summed E-state index contributed by atoms with van der Waals surface area (Å²) in [4.78, 5) is 26.9. The Morgan fingerprint density at radius 2 is 1.64 bits per heavy atom. The summed E-state index contributed by atoms with van der Waals surface area (Å²) in [6.45, 7) is 3.91. The number of anilines is 3. The van der Waals surface area contributed by atoms with E-state index in [4.69, 9.17) is 16.3 Å². The molecule has 1 saturated heterocycles. The summed E-state index contributed by atoms with van der Waals surface area (Å²) < 4.78 is 5.22. The second-order valence-corrected chi connectivity index (χ2v) is 7.21. The number of carbonyl (C=O) groups excluding carboxylic acids is 2. The van der Waals surface area contributed by atoms with Crippen LogP contribution in [-0.2, 0) is 9.59 Å². The number of nitrogens with zero attached hydrogens (tertiary/aromatic N) is 1. The molecule has 0 aliphatic carbocycles. The Labute approximate surface area is 169 Å². The van der Waals surface area contributed by atoms with Gasteiger partial charge >= 0.3 is 11.8 Å². The SMILES string of the molecule is COc1cc(Cl)c(C)cc1NC(=O)C(=O)Nc1ccc(N2CCCCC2)cc1. The number of amides is 2. The van der Waals surface area contributed by atoms with Gasteiger partial charge in [0.25, 0.3) is 0 Å². The van der Waals surface area contributed by atoms with Crippen molar-refractivity contribution in [3.8, 4) is 5.75 Å². The van der Waals surface area contributed by atoms with E-state index in [1.165, 1.54) is 26.4 Å². The lowest BCUT2D eigenvalue weighted by Crippen LogP contribution is -2.30. The third-order valence-electron chi connectivity index (χ3n) is 4.78. The van der Waals surface area contributed by atoms with E-state index in [1.807, 2.05) is 24.3 Å². The number of hydrogen-bond donors (Lipinski definition) is 2. The van der Waals surface area contributed by atoms with Gasteiger partial charge in [-0.3, -0.25) is 9.59 Å². The summed E-state index contributed by atoms with van der Waals surface area (Å²) in [5.74, 6) is -1.14. The van der Waals surface area contributed by atoms with E-state index in [9.17, 15) is 9.59 Å². The first-order chi connectivity index (χ1) is 13.5. The Balaban J connectivity index is 1.63. The zero-order valence-corrected chi connectivity index (χ0v) is 16.8. The third kappa shape index (κ3) is 4.75. The van der Waals surface area contributed by atoms with E-state index in [2.05, 4.69) is 15.5 Å².